The number of nitrogens with zero attached hydrogens (tertiary/aromatic N) is 1. The van der Waals surface area contributed by atoms with Gasteiger partial charge in [-0.3, -0.25) is 0 Å². The molecule has 2 rings (SSSR count). The van der Waals surface area contributed by atoms with Gasteiger partial charge < -0.3 is 10.1 Å². The maximum atomic E-state index is 6.18. The molecule has 0 bridgehead atoms. The molecule has 0 aromatic carbocycles. The van der Waals surface area contributed by atoms with Crippen molar-refractivity contribution in [3.63, 3.8) is 0 Å². The van der Waals surface area contributed by atoms with Crippen molar-refractivity contribution >= 4 is 40.2 Å². The maximum Gasteiger partial charge on any atom is 0.237 e. The average molecular weight is 331 g/mol. The third-order valence-electron chi connectivity index (χ3n) is 2.64. The highest BCUT2D eigenvalue weighted by Gasteiger charge is 2.15. The van der Waals surface area contributed by atoms with Crippen molar-refractivity contribution in [1.29, 1.82) is 0 Å². The van der Waals surface area contributed by atoms with E-state index in [1.165, 1.54) is 11.3 Å². The Morgan fingerprint density at radius 1 is 1.30 bits per heavy atom. The van der Waals surface area contributed by atoms with E-state index in [1.54, 1.807) is 6.20 Å². The molecule has 0 aliphatic carbocycles. The number of ether oxygens (including phenoxy) is 1. The van der Waals surface area contributed by atoms with Crippen molar-refractivity contribution in [2.24, 2.45) is 0 Å². The van der Waals surface area contributed by atoms with Gasteiger partial charge in [0.25, 0.3) is 0 Å². The van der Waals surface area contributed by atoms with Crippen LogP contribution in [0.1, 0.15) is 32.4 Å². The van der Waals surface area contributed by atoms with Crippen LogP contribution in [0.3, 0.4) is 0 Å². The van der Waals surface area contributed by atoms with Gasteiger partial charge in [-0.1, -0.05) is 23.2 Å². The monoisotopic (exact) mass is 330 g/mol. The molecule has 2 aromatic heterocycles. The Kier molecular flexibility index (Phi) is 5.13. The van der Waals surface area contributed by atoms with E-state index in [0.717, 1.165) is 11.3 Å². The van der Waals surface area contributed by atoms with Crippen LogP contribution in [0.15, 0.2) is 24.4 Å². The Bertz CT molecular complexity index is 586. The van der Waals surface area contributed by atoms with Gasteiger partial charge in [0.1, 0.15) is 0 Å². The molecule has 1 atom stereocenters. The van der Waals surface area contributed by atoms with Gasteiger partial charge in [0.15, 0.2) is 0 Å². The molecule has 0 saturated carbocycles. The minimum atomic E-state index is 0.0185. The number of thiophene rings is 1. The lowest BCUT2D eigenvalue weighted by Crippen LogP contribution is -2.12. The Hall–Kier alpha value is -0.970. The molecular weight excluding hydrogens is 315 g/mol. The number of hydrogen-bond acceptors (Lipinski definition) is 4. The zero-order valence-electron chi connectivity index (χ0n) is 11.5. The smallest absolute Gasteiger partial charge is 0.237 e. The zero-order chi connectivity index (χ0) is 14.7. The van der Waals surface area contributed by atoms with Crippen LogP contribution in [0.25, 0.3) is 0 Å². The lowest BCUT2D eigenvalue weighted by molar-refractivity contribution is 0.234. The minimum absolute atomic E-state index is 0.0185. The lowest BCUT2D eigenvalue weighted by atomic mass is 10.2. The van der Waals surface area contributed by atoms with Crippen LogP contribution in [-0.4, -0.2) is 11.1 Å². The Morgan fingerprint density at radius 2 is 2.05 bits per heavy atom. The predicted octanol–water partition coefficient (Wildman–Crippen LogP) is 5.41. The number of anilines is 1. The molecule has 1 unspecified atom stereocenters. The van der Waals surface area contributed by atoms with E-state index in [9.17, 15) is 0 Å². The molecule has 0 saturated heterocycles. The topological polar surface area (TPSA) is 34.1 Å². The van der Waals surface area contributed by atoms with Gasteiger partial charge in [0.2, 0.25) is 5.88 Å². The third-order valence-corrected chi connectivity index (χ3v) is 4.16. The van der Waals surface area contributed by atoms with Gasteiger partial charge >= 0.3 is 0 Å². The standard InChI is InChI=1S/C14H16Cl2N2OS/c1-8(2)19-14-11(5-4-6-17-14)18-9(3)10-7-12(15)20-13(10)16/h4-9,18H,1-3H3. The van der Waals surface area contributed by atoms with E-state index in [0.29, 0.717) is 14.6 Å². The molecule has 3 nitrogen and oxygen atoms in total. The maximum absolute atomic E-state index is 6.18. The van der Waals surface area contributed by atoms with Crippen LogP contribution in [0.5, 0.6) is 5.88 Å². The first-order valence-corrected chi connectivity index (χ1v) is 7.87. The Morgan fingerprint density at radius 3 is 2.65 bits per heavy atom. The number of halogens is 2. The predicted molar refractivity (Wildman–Crippen MR) is 86.4 cm³/mol. The van der Waals surface area contributed by atoms with E-state index >= 15 is 0 Å². The summed E-state index contributed by atoms with van der Waals surface area (Å²) in [5.41, 5.74) is 1.81. The van der Waals surface area contributed by atoms with Crippen LogP contribution >= 0.6 is 34.5 Å². The summed E-state index contributed by atoms with van der Waals surface area (Å²) < 4.78 is 7.07. The summed E-state index contributed by atoms with van der Waals surface area (Å²) in [5, 5.41) is 3.36. The van der Waals surface area contributed by atoms with Crippen molar-refractivity contribution in [3.05, 3.63) is 38.6 Å². The molecule has 6 heteroatoms. The number of pyridine rings is 1. The first kappa shape index (κ1) is 15.4. The van der Waals surface area contributed by atoms with Crippen LogP contribution in [0, 0.1) is 0 Å². The fourth-order valence-electron chi connectivity index (χ4n) is 1.78. The molecule has 0 aliphatic heterocycles. The van der Waals surface area contributed by atoms with Gasteiger partial charge in [-0.05, 0) is 39.0 Å². The van der Waals surface area contributed by atoms with Gasteiger partial charge in [0.05, 0.1) is 26.5 Å². The van der Waals surface area contributed by atoms with E-state index in [4.69, 9.17) is 27.9 Å². The van der Waals surface area contributed by atoms with Crippen molar-refractivity contribution in [3.8, 4) is 5.88 Å². The fraction of sp³-hybridized carbons (Fsp3) is 0.357. The molecule has 2 aromatic rings. The zero-order valence-corrected chi connectivity index (χ0v) is 13.8. The van der Waals surface area contributed by atoms with Crippen LogP contribution < -0.4 is 10.1 Å². The summed E-state index contributed by atoms with van der Waals surface area (Å²) in [6.45, 7) is 5.96. The van der Waals surface area contributed by atoms with Crippen molar-refractivity contribution in [2.75, 3.05) is 5.32 Å². The molecule has 0 aliphatic rings. The highest BCUT2D eigenvalue weighted by Crippen LogP contribution is 2.37. The first-order valence-electron chi connectivity index (χ1n) is 6.30. The van der Waals surface area contributed by atoms with Gasteiger partial charge in [-0.15, -0.1) is 11.3 Å². The van der Waals surface area contributed by atoms with Crippen molar-refractivity contribution in [2.45, 2.75) is 32.9 Å². The molecule has 20 heavy (non-hydrogen) atoms. The summed E-state index contributed by atoms with van der Waals surface area (Å²) in [6.07, 6.45) is 1.78. The first-order chi connectivity index (χ1) is 9.47. The van der Waals surface area contributed by atoms with Gasteiger partial charge in [-0.2, -0.15) is 0 Å². The number of hydrogen-bond donors (Lipinski definition) is 1. The largest absolute Gasteiger partial charge is 0.473 e. The SMILES string of the molecule is CC(C)Oc1ncccc1NC(C)c1cc(Cl)sc1Cl. The normalized spacial score (nSPS) is 12.5. The second-order valence-electron chi connectivity index (χ2n) is 4.67. The molecule has 108 valence electrons. The number of nitrogens with one attached hydrogen (secondary N) is 1. The van der Waals surface area contributed by atoms with Gasteiger partial charge in [0, 0.05) is 11.8 Å². The summed E-state index contributed by atoms with van der Waals surface area (Å²) in [6, 6.07) is 5.70. The average Bonchev–Trinajstić information content (AvgIpc) is 2.70. The van der Waals surface area contributed by atoms with E-state index in [1.807, 2.05) is 39.0 Å². The highest BCUT2D eigenvalue weighted by atomic mass is 35.5. The summed E-state index contributed by atoms with van der Waals surface area (Å²) in [5.74, 6) is 0.590. The highest BCUT2D eigenvalue weighted by molar-refractivity contribution is 7.20. The van der Waals surface area contributed by atoms with E-state index in [2.05, 4.69) is 10.3 Å². The second kappa shape index (κ2) is 6.66. The molecule has 0 radical (unpaired) electrons. The van der Waals surface area contributed by atoms with E-state index < -0.39 is 0 Å². The summed E-state index contributed by atoms with van der Waals surface area (Å²) in [7, 11) is 0. The minimum Gasteiger partial charge on any atom is -0.473 e. The second-order valence-corrected chi connectivity index (χ2v) is 6.95. The van der Waals surface area contributed by atoms with Gasteiger partial charge in [-0.25, -0.2) is 4.98 Å². The van der Waals surface area contributed by atoms with Crippen LogP contribution in [0.2, 0.25) is 8.67 Å². The van der Waals surface area contributed by atoms with Crippen molar-refractivity contribution in [1.82, 2.24) is 4.98 Å². The third kappa shape index (κ3) is 3.78. The lowest BCUT2D eigenvalue weighted by Gasteiger charge is -2.18. The van der Waals surface area contributed by atoms with Crippen molar-refractivity contribution < 1.29 is 4.74 Å². The Balaban J connectivity index is 2.19. The molecule has 1 N–H and O–H groups in total. The molecule has 2 heterocycles. The molecular formula is C14H16Cl2N2OS. The summed E-state index contributed by atoms with van der Waals surface area (Å²) in [4.78, 5) is 4.25. The number of rotatable bonds is 5. The van der Waals surface area contributed by atoms with Crippen LogP contribution in [0.4, 0.5) is 5.69 Å². The molecule has 0 fully saturated rings. The summed E-state index contributed by atoms with van der Waals surface area (Å²) >= 11 is 13.5. The molecule has 0 amide bonds. The Labute approximate surface area is 132 Å². The van der Waals surface area contributed by atoms with E-state index in [-0.39, 0.29) is 12.1 Å². The number of aromatic nitrogens is 1. The quantitative estimate of drug-likeness (QED) is 0.795. The molecule has 0 spiro atoms. The fourth-order valence-corrected chi connectivity index (χ4v) is 3.42. The van der Waals surface area contributed by atoms with Crippen LogP contribution in [-0.2, 0) is 0 Å².